The quantitative estimate of drug-likeness (QED) is 0.418. The van der Waals surface area contributed by atoms with Gasteiger partial charge in [-0.05, 0) is 108 Å². The number of benzene rings is 2. The van der Waals surface area contributed by atoms with Gasteiger partial charge in [-0.2, -0.15) is 0 Å². The van der Waals surface area contributed by atoms with Crippen molar-refractivity contribution in [1.82, 2.24) is 19.4 Å². The third-order valence-corrected chi connectivity index (χ3v) is 10.3. The van der Waals surface area contributed by atoms with E-state index in [9.17, 15) is 14.3 Å². The third kappa shape index (κ3) is 4.85. The number of fused-ring (bicyclic) bond motifs is 3. The van der Waals surface area contributed by atoms with Gasteiger partial charge >= 0.3 is 0 Å². The van der Waals surface area contributed by atoms with Gasteiger partial charge in [-0.25, -0.2) is 9.37 Å². The number of para-hydroxylation sites is 2. The fourth-order valence-electron chi connectivity index (χ4n) is 7.93. The molecule has 6 nitrogen and oxygen atoms in total. The number of hydrogen-bond acceptors (Lipinski definition) is 4. The first-order valence-electron chi connectivity index (χ1n) is 15.1. The van der Waals surface area contributed by atoms with Crippen LogP contribution in [-0.4, -0.2) is 68.7 Å². The minimum absolute atomic E-state index is 0.00489. The normalized spacial score (nSPS) is 25.0. The summed E-state index contributed by atoms with van der Waals surface area (Å²) < 4.78 is 16.9. The highest BCUT2D eigenvalue weighted by molar-refractivity contribution is 5.82. The summed E-state index contributed by atoms with van der Waals surface area (Å²) >= 11 is 0. The van der Waals surface area contributed by atoms with E-state index >= 15 is 0 Å². The van der Waals surface area contributed by atoms with Crippen molar-refractivity contribution in [2.45, 2.75) is 89.3 Å². The zero-order valence-electron chi connectivity index (χ0n) is 24.2. The molecular weight excluding hydrogens is 503 g/mol. The predicted molar refractivity (Wildman–Crippen MR) is 156 cm³/mol. The number of aromatic nitrogens is 2. The Balaban J connectivity index is 1.19. The standard InChI is InChI=1S/C33H43FN4O2/c1-23-35-29-9-4-5-10-30(29)38(23)28-20-26-11-12-27(21-28)37(26)18-15-33(24-7-6-8-25(34)19-24)13-16-36(17-14-33)31(40)32(2,3)22-39/h4-10,19,26-28,39H,11-18,20-22H2,1-3H3/t26-,27+,28+. The van der Waals surface area contributed by atoms with E-state index < -0.39 is 5.41 Å². The van der Waals surface area contributed by atoms with Crippen LogP contribution in [0.2, 0.25) is 0 Å². The summed E-state index contributed by atoms with van der Waals surface area (Å²) in [6.07, 6.45) is 7.35. The van der Waals surface area contributed by atoms with Crippen LogP contribution in [0.1, 0.15) is 76.2 Å². The van der Waals surface area contributed by atoms with Crippen molar-refractivity contribution in [2.75, 3.05) is 26.2 Å². The molecule has 3 saturated heterocycles. The molecule has 3 atom stereocenters. The Labute approximate surface area is 237 Å². The maximum Gasteiger partial charge on any atom is 0.230 e. The zero-order chi connectivity index (χ0) is 28.1. The van der Waals surface area contributed by atoms with Crippen molar-refractivity contribution < 1.29 is 14.3 Å². The molecule has 1 N–H and O–H groups in total. The van der Waals surface area contributed by atoms with Crippen molar-refractivity contribution in [3.8, 4) is 0 Å². The molecule has 1 amide bonds. The lowest BCUT2D eigenvalue weighted by Crippen LogP contribution is -2.51. The smallest absolute Gasteiger partial charge is 0.230 e. The number of aryl methyl sites for hydroxylation is 1. The average Bonchev–Trinajstić information content (AvgIpc) is 3.42. The lowest BCUT2D eigenvalue weighted by Gasteiger charge is -2.46. The van der Waals surface area contributed by atoms with E-state index in [2.05, 4.69) is 46.7 Å². The van der Waals surface area contributed by atoms with Crippen LogP contribution in [0.15, 0.2) is 48.5 Å². The maximum atomic E-state index is 14.4. The van der Waals surface area contributed by atoms with Crippen LogP contribution in [0.25, 0.3) is 11.0 Å². The largest absolute Gasteiger partial charge is 0.395 e. The van der Waals surface area contributed by atoms with E-state index in [-0.39, 0.29) is 23.7 Å². The summed E-state index contributed by atoms with van der Waals surface area (Å²) in [6.45, 7) is 7.86. The van der Waals surface area contributed by atoms with Crippen molar-refractivity contribution >= 4 is 16.9 Å². The second kappa shape index (κ2) is 10.6. The van der Waals surface area contributed by atoms with Gasteiger partial charge in [-0.1, -0.05) is 24.3 Å². The van der Waals surface area contributed by atoms with Crippen LogP contribution in [0.4, 0.5) is 4.39 Å². The lowest BCUT2D eigenvalue weighted by atomic mass is 9.70. The monoisotopic (exact) mass is 546 g/mol. The Kier molecular flexibility index (Phi) is 7.24. The molecule has 0 saturated carbocycles. The number of piperidine rings is 2. The number of hydrogen-bond donors (Lipinski definition) is 1. The van der Waals surface area contributed by atoms with Crippen LogP contribution in [0.5, 0.6) is 0 Å². The van der Waals surface area contributed by atoms with Crippen LogP contribution in [-0.2, 0) is 10.2 Å². The highest BCUT2D eigenvalue weighted by Crippen LogP contribution is 2.45. The molecular formula is C33H43FN4O2. The van der Waals surface area contributed by atoms with Crippen molar-refractivity contribution in [3.05, 3.63) is 65.7 Å². The van der Waals surface area contributed by atoms with Gasteiger partial charge in [0.25, 0.3) is 0 Å². The average molecular weight is 547 g/mol. The van der Waals surface area contributed by atoms with E-state index in [1.807, 2.05) is 11.0 Å². The molecule has 7 heteroatoms. The fourth-order valence-corrected chi connectivity index (χ4v) is 7.93. The van der Waals surface area contributed by atoms with Gasteiger partial charge in [0.2, 0.25) is 5.91 Å². The zero-order valence-corrected chi connectivity index (χ0v) is 24.2. The summed E-state index contributed by atoms with van der Waals surface area (Å²) in [5.41, 5.74) is 2.45. The Morgan fingerprint density at radius 2 is 1.75 bits per heavy atom. The summed E-state index contributed by atoms with van der Waals surface area (Å²) in [5, 5.41) is 9.74. The molecule has 0 radical (unpaired) electrons. The molecule has 3 fully saturated rings. The van der Waals surface area contributed by atoms with Gasteiger partial charge in [0.15, 0.2) is 0 Å². The Morgan fingerprint density at radius 1 is 1.05 bits per heavy atom. The third-order valence-electron chi connectivity index (χ3n) is 10.3. The summed E-state index contributed by atoms with van der Waals surface area (Å²) in [4.78, 5) is 22.6. The first-order valence-corrected chi connectivity index (χ1v) is 15.1. The van der Waals surface area contributed by atoms with Gasteiger partial charge in [0.1, 0.15) is 11.6 Å². The number of carbonyl (C=O) groups excluding carboxylic acids is 1. The van der Waals surface area contributed by atoms with Gasteiger partial charge in [0.05, 0.1) is 23.1 Å². The fraction of sp³-hybridized carbons (Fsp3) is 0.576. The number of aliphatic hydroxyl groups excluding tert-OH is 1. The first-order chi connectivity index (χ1) is 19.2. The number of likely N-dealkylation sites (tertiary alicyclic amines) is 1. The molecule has 3 aliphatic rings. The topological polar surface area (TPSA) is 61.6 Å². The van der Waals surface area contributed by atoms with Crippen LogP contribution in [0, 0.1) is 18.2 Å². The van der Waals surface area contributed by atoms with E-state index in [0.29, 0.717) is 31.2 Å². The second-order valence-corrected chi connectivity index (χ2v) is 13.1. The molecule has 1 aromatic heterocycles. The molecule has 214 valence electrons. The lowest BCUT2D eigenvalue weighted by molar-refractivity contribution is -0.144. The number of amides is 1. The molecule has 3 aromatic rings. The molecule has 0 unspecified atom stereocenters. The second-order valence-electron chi connectivity index (χ2n) is 13.1. The number of halogens is 1. The number of aliphatic hydroxyl groups is 1. The van der Waals surface area contributed by atoms with Crippen LogP contribution in [0.3, 0.4) is 0 Å². The first kappa shape index (κ1) is 27.4. The predicted octanol–water partition coefficient (Wildman–Crippen LogP) is 5.62. The molecule has 40 heavy (non-hydrogen) atoms. The van der Waals surface area contributed by atoms with Gasteiger partial charge in [-0.15, -0.1) is 0 Å². The van der Waals surface area contributed by atoms with E-state index in [1.165, 1.54) is 24.4 Å². The SMILES string of the molecule is Cc1nc2ccccc2n1[C@H]1C[C@H]2CC[C@@H](C1)N2CCC1(c2cccc(F)c2)CCN(C(=O)C(C)(C)CO)CC1. The van der Waals surface area contributed by atoms with E-state index in [1.54, 1.807) is 19.9 Å². The highest BCUT2D eigenvalue weighted by Gasteiger charge is 2.45. The Bertz CT molecular complexity index is 1360. The molecule has 0 aliphatic carbocycles. The Hall–Kier alpha value is -2.77. The minimum Gasteiger partial charge on any atom is -0.395 e. The summed E-state index contributed by atoms with van der Waals surface area (Å²) in [6, 6.07) is 17.2. The van der Waals surface area contributed by atoms with E-state index in [0.717, 1.165) is 55.6 Å². The highest BCUT2D eigenvalue weighted by atomic mass is 19.1. The van der Waals surface area contributed by atoms with Crippen LogP contribution >= 0.6 is 0 Å². The molecule has 4 heterocycles. The molecule has 2 aromatic carbocycles. The number of imidazole rings is 1. The van der Waals surface area contributed by atoms with Gasteiger partial charge in [0, 0.05) is 31.2 Å². The van der Waals surface area contributed by atoms with Crippen molar-refractivity contribution in [2.24, 2.45) is 5.41 Å². The number of carbonyl (C=O) groups is 1. The number of rotatable bonds is 7. The molecule has 2 bridgehead atoms. The van der Waals surface area contributed by atoms with Gasteiger partial charge < -0.3 is 14.6 Å². The number of nitrogens with zero attached hydrogens (tertiary/aromatic N) is 4. The molecule has 0 spiro atoms. The minimum atomic E-state index is -0.776. The molecule has 6 rings (SSSR count). The van der Waals surface area contributed by atoms with Crippen LogP contribution < -0.4 is 0 Å². The van der Waals surface area contributed by atoms with Crippen molar-refractivity contribution in [1.29, 1.82) is 0 Å². The van der Waals surface area contributed by atoms with E-state index in [4.69, 9.17) is 4.98 Å². The summed E-state index contributed by atoms with van der Waals surface area (Å²) in [5.74, 6) is 0.917. The summed E-state index contributed by atoms with van der Waals surface area (Å²) in [7, 11) is 0. The van der Waals surface area contributed by atoms with Crippen molar-refractivity contribution in [3.63, 3.8) is 0 Å². The van der Waals surface area contributed by atoms with Gasteiger partial charge in [-0.3, -0.25) is 9.69 Å². The maximum absolute atomic E-state index is 14.4. The molecule has 3 aliphatic heterocycles. The Morgan fingerprint density at radius 3 is 2.42 bits per heavy atom.